The second-order valence-electron chi connectivity index (χ2n) is 6.95. The molecule has 6 nitrogen and oxygen atoms in total. The van der Waals surface area contributed by atoms with Crippen molar-refractivity contribution in [3.05, 3.63) is 23.9 Å². The predicted octanol–water partition coefficient (Wildman–Crippen LogP) is 2.10. The smallest absolute Gasteiger partial charge is 0.233 e. The normalized spacial score (nSPS) is 20.4. The largest absolute Gasteiger partial charge is 0.473 e. The molecule has 1 N–H and O–H groups in total. The Morgan fingerprint density at radius 3 is 2.61 bits per heavy atom. The summed E-state index contributed by atoms with van der Waals surface area (Å²) in [6.07, 6.45) is 6.99. The van der Waals surface area contributed by atoms with Gasteiger partial charge in [0.2, 0.25) is 5.88 Å². The van der Waals surface area contributed by atoms with Gasteiger partial charge in [0.15, 0.2) is 0 Å². The fourth-order valence-corrected chi connectivity index (χ4v) is 3.95. The Labute approximate surface area is 136 Å². The van der Waals surface area contributed by atoms with E-state index in [9.17, 15) is 0 Å². The molecule has 2 aliphatic rings. The summed E-state index contributed by atoms with van der Waals surface area (Å²) in [5.41, 5.74) is 3.46. The number of nitrogens with zero attached hydrogens (tertiary/aromatic N) is 4. The lowest BCUT2D eigenvalue weighted by atomic mass is 9.62. The van der Waals surface area contributed by atoms with E-state index in [2.05, 4.69) is 20.6 Å². The van der Waals surface area contributed by atoms with E-state index in [4.69, 9.17) is 4.74 Å². The summed E-state index contributed by atoms with van der Waals surface area (Å²) in [7, 11) is 1.92. The van der Waals surface area contributed by atoms with E-state index >= 15 is 0 Å². The number of hydrogen-bond donors (Lipinski definition) is 1. The SMILES string of the molecule is Cc1cnn(C)c1-c1ccc(OC2CC3(CCNCC3)C2)nn1. The number of piperidine rings is 1. The van der Waals surface area contributed by atoms with E-state index in [0.717, 1.165) is 42.9 Å². The van der Waals surface area contributed by atoms with Crippen molar-refractivity contribution in [2.24, 2.45) is 12.5 Å². The average Bonchev–Trinajstić information content (AvgIpc) is 2.87. The Morgan fingerprint density at radius 1 is 1.22 bits per heavy atom. The molecule has 3 heterocycles. The molecule has 6 heteroatoms. The van der Waals surface area contributed by atoms with Crippen LogP contribution in [-0.4, -0.2) is 39.2 Å². The molecule has 1 aliphatic heterocycles. The molecule has 0 amide bonds. The van der Waals surface area contributed by atoms with Crippen molar-refractivity contribution >= 4 is 0 Å². The monoisotopic (exact) mass is 313 g/mol. The van der Waals surface area contributed by atoms with E-state index < -0.39 is 0 Å². The highest BCUT2D eigenvalue weighted by molar-refractivity contribution is 5.58. The summed E-state index contributed by atoms with van der Waals surface area (Å²) in [6, 6.07) is 3.88. The van der Waals surface area contributed by atoms with Crippen LogP contribution in [0.15, 0.2) is 18.3 Å². The molecule has 23 heavy (non-hydrogen) atoms. The van der Waals surface area contributed by atoms with Gasteiger partial charge in [-0.25, -0.2) is 0 Å². The summed E-state index contributed by atoms with van der Waals surface area (Å²) < 4.78 is 7.82. The van der Waals surface area contributed by atoms with E-state index in [-0.39, 0.29) is 0 Å². The molecule has 122 valence electrons. The number of aromatic nitrogens is 4. The summed E-state index contributed by atoms with van der Waals surface area (Å²) in [4.78, 5) is 0. The van der Waals surface area contributed by atoms with Crippen molar-refractivity contribution in [3.8, 4) is 17.3 Å². The zero-order chi connectivity index (χ0) is 15.9. The van der Waals surface area contributed by atoms with Gasteiger partial charge >= 0.3 is 0 Å². The van der Waals surface area contributed by atoms with Gasteiger partial charge in [-0.15, -0.1) is 10.2 Å². The van der Waals surface area contributed by atoms with Crippen LogP contribution < -0.4 is 10.1 Å². The summed E-state index contributed by atoms with van der Waals surface area (Å²) >= 11 is 0. The number of aryl methyl sites for hydroxylation is 2. The van der Waals surface area contributed by atoms with Gasteiger partial charge in [-0.2, -0.15) is 5.10 Å². The Kier molecular flexibility index (Phi) is 3.56. The molecule has 0 radical (unpaired) electrons. The van der Waals surface area contributed by atoms with Gasteiger partial charge < -0.3 is 10.1 Å². The molecule has 4 rings (SSSR count). The van der Waals surface area contributed by atoms with Crippen molar-refractivity contribution in [1.29, 1.82) is 0 Å². The van der Waals surface area contributed by atoms with Crippen LogP contribution in [0.3, 0.4) is 0 Å². The first kappa shape index (κ1) is 14.6. The number of rotatable bonds is 3. The Morgan fingerprint density at radius 2 is 2.00 bits per heavy atom. The molecule has 0 bridgehead atoms. The third-order valence-corrected chi connectivity index (χ3v) is 5.28. The zero-order valence-electron chi connectivity index (χ0n) is 13.7. The van der Waals surface area contributed by atoms with E-state index in [1.807, 2.05) is 37.0 Å². The van der Waals surface area contributed by atoms with E-state index in [1.165, 1.54) is 12.8 Å². The van der Waals surface area contributed by atoms with Crippen molar-refractivity contribution in [2.45, 2.75) is 38.7 Å². The minimum Gasteiger partial charge on any atom is -0.473 e. The Balaban J connectivity index is 1.40. The highest BCUT2D eigenvalue weighted by Crippen LogP contribution is 2.49. The first-order valence-corrected chi connectivity index (χ1v) is 8.35. The van der Waals surface area contributed by atoms with Crippen LogP contribution in [-0.2, 0) is 7.05 Å². The van der Waals surface area contributed by atoms with Crippen LogP contribution in [0.5, 0.6) is 5.88 Å². The van der Waals surface area contributed by atoms with E-state index in [0.29, 0.717) is 17.4 Å². The molecule has 1 saturated carbocycles. The van der Waals surface area contributed by atoms with Crippen molar-refractivity contribution in [3.63, 3.8) is 0 Å². The second-order valence-corrected chi connectivity index (χ2v) is 6.95. The predicted molar refractivity (Wildman–Crippen MR) is 87.2 cm³/mol. The highest BCUT2D eigenvalue weighted by Gasteiger charge is 2.45. The van der Waals surface area contributed by atoms with Crippen LogP contribution in [0.25, 0.3) is 11.4 Å². The van der Waals surface area contributed by atoms with Gasteiger partial charge in [0.25, 0.3) is 0 Å². The lowest BCUT2D eigenvalue weighted by molar-refractivity contribution is -0.0371. The average molecular weight is 313 g/mol. The molecule has 1 saturated heterocycles. The summed E-state index contributed by atoms with van der Waals surface area (Å²) in [6.45, 7) is 4.32. The molecule has 0 atom stereocenters. The van der Waals surface area contributed by atoms with Crippen LogP contribution in [0.2, 0.25) is 0 Å². The molecule has 2 fully saturated rings. The fraction of sp³-hybridized carbons (Fsp3) is 0.588. The lowest BCUT2D eigenvalue weighted by Gasteiger charge is -2.49. The molecular formula is C17H23N5O. The van der Waals surface area contributed by atoms with Crippen molar-refractivity contribution in [2.75, 3.05) is 13.1 Å². The molecule has 2 aromatic heterocycles. The molecule has 0 unspecified atom stereocenters. The lowest BCUT2D eigenvalue weighted by Crippen LogP contribution is -2.49. The first-order chi connectivity index (χ1) is 11.2. The maximum atomic E-state index is 5.99. The van der Waals surface area contributed by atoms with Gasteiger partial charge in [0.05, 0.1) is 11.9 Å². The van der Waals surface area contributed by atoms with Gasteiger partial charge in [-0.3, -0.25) is 4.68 Å². The van der Waals surface area contributed by atoms with Crippen LogP contribution >= 0.6 is 0 Å². The van der Waals surface area contributed by atoms with E-state index in [1.54, 1.807) is 0 Å². The number of hydrogen-bond acceptors (Lipinski definition) is 5. The minimum absolute atomic E-state index is 0.298. The van der Waals surface area contributed by atoms with Crippen LogP contribution in [0, 0.1) is 12.3 Å². The molecule has 1 spiro atoms. The summed E-state index contributed by atoms with van der Waals surface area (Å²) in [5.74, 6) is 0.627. The van der Waals surface area contributed by atoms with Crippen LogP contribution in [0.4, 0.5) is 0 Å². The molecule has 0 aromatic carbocycles. The third kappa shape index (κ3) is 2.72. The molecule has 2 aromatic rings. The maximum absolute atomic E-state index is 5.99. The van der Waals surface area contributed by atoms with Gasteiger partial charge in [0, 0.05) is 13.1 Å². The fourth-order valence-electron chi connectivity index (χ4n) is 3.95. The van der Waals surface area contributed by atoms with Gasteiger partial charge in [0.1, 0.15) is 11.8 Å². The quantitative estimate of drug-likeness (QED) is 0.940. The van der Waals surface area contributed by atoms with Gasteiger partial charge in [-0.1, -0.05) is 0 Å². The number of ether oxygens (including phenoxy) is 1. The highest BCUT2D eigenvalue weighted by atomic mass is 16.5. The van der Waals surface area contributed by atoms with Gasteiger partial charge in [-0.05, 0) is 62.7 Å². The Hall–Kier alpha value is -1.95. The molecule has 1 aliphatic carbocycles. The van der Waals surface area contributed by atoms with Crippen molar-refractivity contribution < 1.29 is 4.74 Å². The van der Waals surface area contributed by atoms with Crippen LogP contribution in [0.1, 0.15) is 31.2 Å². The minimum atomic E-state index is 0.298. The topological polar surface area (TPSA) is 64.9 Å². The third-order valence-electron chi connectivity index (χ3n) is 5.28. The van der Waals surface area contributed by atoms with Crippen molar-refractivity contribution in [1.82, 2.24) is 25.3 Å². The zero-order valence-corrected chi connectivity index (χ0v) is 13.7. The number of nitrogens with one attached hydrogen (secondary N) is 1. The Bertz CT molecular complexity index is 660. The standard InChI is InChI=1S/C17H23N5O/c1-12-11-19-22(2)16(12)14-3-4-15(21-20-14)23-13-9-17(10-13)5-7-18-8-6-17/h3-4,11,13,18H,5-10H2,1-2H3. The first-order valence-electron chi connectivity index (χ1n) is 8.35. The maximum Gasteiger partial charge on any atom is 0.233 e. The second kappa shape index (κ2) is 5.60. The summed E-state index contributed by atoms with van der Waals surface area (Å²) in [5, 5.41) is 16.2. The molecular weight excluding hydrogens is 290 g/mol.